The average molecular weight is 424 g/mol. The minimum absolute atomic E-state index is 0.0631. The topological polar surface area (TPSA) is 83.8 Å². The van der Waals surface area contributed by atoms with Crippen molar-refractivity contribution in [2.75, 3.05) is 13.7 Å². The Hall–Kier alpha value is -1.44. The van der Waals surface area contributed by atoms with Gasteiger partial charge in [-0.1, -0.05) is 19.9 Å². The van der Waals surface area contributed by atoms with Crippen molar-refractivity contribution in [1.82, 2.24) is 0 Å². The number of aliphatic hydroxyl groups is 2. The van der Waals surface area contributed by atoms with E-state index >= 15 is 8.78 Å². The molecule has 0 radical (unpaired) electrons. The number of halogens is 2. The lowest BCUT2D eigenvalue weighted by molar-refractivity contribution is -0.224. The predicted molar refractivity (Wildman–Crippen MR) is 105 cm³/mol. The van der Waals surface area contributed by atoms with E-state index in [-0.39, 0.29) is 25.0 Å². The quantitative estimate of drug-likeness (QED) is 0.727. The molecule has 7 heteroatoms. The van der Waals surface area contributed by atoms with Crippen molar-refractivity contribution in [3.63, 3.8) is 0 Å². The molecule has 0 spiro atoms. The van der Waals surface area contributed by atoms with Gasteiger partial charge in [-0.05, 0) is 55.7 Å². The highest BCUT2D eigenvalue weighted by Crippen LogP contribution is 2.70. The molecule has 0 saturated heterocycles. The van der Waals surface area contributed by atoms with Crippen LogP contribution in [0.4, 0.5) is 8.78 Å². The lowest BCUT2D eigenvalue weighted by atomic mass is 9.44. The number of hydrogen-bond donors (Lipinski definition) is 2. The van der Waals surface area contributed by atoms with Crippen molar-refractivity contribution in [3.8, 4) is 0 Å². The van der Waals surface area contributed by atoms with Gasteiger partial charge in [0.05, 0.1) is 6.10 Å². The Bertz CT molecular complexity index is 855. The third kappa shape index (κ3) is 2.32. The van der Waals surface area contributed by atoms with E-state index < -0.39 is 63.7 Å². The van der Waals surface area contributed by atoms with Crippen molar-refractivity contribution >= 4 is 11.6 Å². The molecule has 0 aromatic heterocycles. The Kier molecular flexibility index (Phi) is 4.74. The zero-order chi connectivity index (χ0) is 22.3. The number of fused-ring (bicyclic) bond motifs is 5. The Labute approximate surface area is 175 Å². The van der Waals surface area contributed by atoms with Crippen molar-refractivity contribution in [3.05, 3.63) is 23.8 Å². The highest BCUT2D eigenvalue weighted by atomic mass is 19.1. The second-order valence-corrected chi connectivity index (χ2v) is 10.1. The van der Waals surface area contributed by atoms with Crippen LogP contribution in [0.5, 0.6) is 0 Å². The number of Topliss-reactive ketones (excluding diaryl/α,β-unsaturated/α-hetero) is 1. The van der Waals surface area contributed by atoms with Gasteiger partial charge in [0.25, 0.3) is 0 Å². The summed E-state index contributed by atoms with van der Waals surface area (Å²) in [4.78, 5) is 24.7. The Morgan fingerprint density at radius 1 is 1.30 bits per heavy atom. The predicted octanol–water partition coefficient (Wildman–Crippen LogP) is 2.50. The first kappa shape index (κ1) is 21.8. The van der Waals surface area contributed by atoms with Gasteiger partial charge in [-0.25, -0.2) is 8.78 Å². The first-order valence-electron chi connectivity index (χ1n) is 10.6. The number of ether oxygens (including phenoxy) is 1. The van der Waals surface area contributed by atoms with Crippen molar-refractivity contribution in [2.45, 2.75) is 63.6 Å². The third-order valence-electron chi connectivity index (χ3n) is 8.91. The molecule has 2 unspecified atom stereocenters. The first-order valence-corrected chi connectivity index (χ1v) is 10.6. The van der Waals surface area contributed by atoms with Crippen LogP contribution in [0.25, 0.3) is 0 Å². The number of alkyl halides is 2. The van der Waals surface area contributed by atoms with Gasteiger partial charge < -0.3 is 14.9 Å². The SMILES string of the molecule is COCC(=O)[C@@]1(O)[C@H](C)CC2C3C[C@H](F)C4=CC(=O)C=C[C@]4(C)[C@@]3(F)[C@@H](O)C[C@@]21C. The lowest BCUT2D eigenvalue weighted by Gasteiger charge is -2.63. The summed E-state index contributed by atoms with van der Waals surface area (Å²) in [5.41, 5.74) is -6.53. The van der Waals surface area contributed by atoms with Crippen LogP contribution in [0.3, 0.4) is 0 Å². The fourth-order valence-corrected chi connectivity index (χ4v) is 7.37. The van der Waals surface area contributed by atoms with Crippen molar-refractivity contribution < 1.29 is 33.3 Å². The summed E-state index contributed by atoms with van der Waals surface area (Å²) in [6.45, 7) is 4.70. The van der Waals surface area contributed by atoms with Crippen LogP contribution < -0.4 is 0 Å². The molecule has 0 bridgehead atoms. The fourth-order valence-electron chi connectivity index (χ4n) is 7.37. The number of aliphatic hydroxyl groups excluding tert-OH is 1. The molecule has 166 valence electrons. The van der Waals surface area contributed by atoms with Gasteiger partial charge >= 0.3 is 0 Å². The molecule has 0 amide bonds. The van der Waals surface area contributed by atoms with E-state index in [4.69, 9.17) is 4.74 Å². The summed E-state index contributed by atoms with van der Waals surface area (Å²) < 4.78 is 37.2. The highest BCUT2D eigenvalue weighted by Gasteiger charge is 2.76. The summed E-state index contributed by atoms with van der Waals surface area (Å²) in [5, 5.41) is 22.7. The number of ketones is 2. The smallest absolute Gasteiger partial charge is 0.190 e. The standard InChI is InChI=1S/C23H30F2O5/c1-12-7-14-15-9-17(24)16-8-13(26)5-6-20(16,2)22(15,25)18(27)10-21(14,3)23(12,29)19(28)11-30-4/h5-6,8,12,14-15,17-18,27,29H,7,9-11H2,1-4H3/t12-,14?,15?,17+,18+,20+,21+,22+,23+/m1/s1. The Morgan fingerprint density at radius 3 is 2.60 bits per heavy atom. The summed E-state index contributed by atoms with van der Waals surface area (Å²) in [6, 6.07) is 0. The highest BCUT2D eigenvalue weighted by molar-refractivity contribution is 6.01. The molecule has 3 fully saturated rings. The van der Waals surface area contributed by atoms with E-state index in [0.29, 0.717) is 6.42 Å². The molecule has 4 aliphatic rings. The molecule has 0 aromatic rings. The monoisotopic (exact) mass is 424 g/mol. The first-order chi connectivity index (χ1) is 13.9. The molecule has 9 atom stereocenters. The molecule has 0 aliphatic heterocycles. The summed E-state index contributed by atoms with van der Waals surface area (Å²) in [7, 11) is 1.36. The Morgan fingerprint density at radius 2 is 1.97 bits per heavy atom. The second-order valence-electron chi connectivity index (χ2n) is 10.1. The molecule has 0 heterocycles. The van der Waals surface area contributed by atoms with Crippen LogP contribution in [0.1, 0.15) is 40.0 Å². The molecular weight excluding hydrogens is 394 g/mol. The largest absolute Gasteiger partial charge is 0.390 e. The van der Waals surface area contributed by atoms with E-state index in [1.165, 1.54) is 26.2 Å². The van der Waals surface area contributed by atoms with E-state index in [1.807, 2.05) is 0 Å². The van der Waals surface area contributed by atoms with Gasteiger partial charge in [-0.2, -0.15) is 0 Å². The minimum atomic E-state index is -2.21. The van der Waals surface area contributed by atoms with Crippen LogP contribution in [-0.4, -0.2) is 59.0 Å². The summed E-state index contributed by atoms with van der Waals surface area (Å²) in [5.74, 6) is -2.79. The molecule has 5 nitrogen and oxygen atoms in total. The van der Waals surface area contributed by atoms with E-state index in [0.717, 1.165) is 6.08 Å². The maximum absolute atomic E-state index is 17.0. The number of allylic oxidation sites excluding steroid dienone is 4. The molecule has 3 saturated carbocycles. The summed E-state index contributed by atoms with van der Waals surface area (Å²) in [6.07, 6.45) is 0.710. The number of rotatable bonds is 3. The maximum Gasteiger partial charge on any atom is 0.190 e. The normalized spacial score (nSPS) is 52.3. The Balaban J connectivity index is 1.84. The maximum atomic E-state index is 17.0. The van der Waals surface area contributed by atoms with Crippen LogP contribution in [-0.2, 0) is 14.3 Å². The molecule has 4 rings (SSSR count). The van der Waals surface area contributed by atoms with Crippen LogP contribution in [0, 0.1) is 28.6 Å². The van der Waals surface area contributed by atoms with Gasteiger partial charge in [0, 0.05) is 23.9 Å². The molecule has 4 aliphatic carbocycles. The number of carbonyl (C=O) groups is 2. The van der Waals surface area contributed by atoms with E-state index in [1.54, 1.807) is 13.8 Å². The zero-order valence-electron chi connectivity index (χ0n) is 17.8. The zero-order valence-corrected chi connectivity index (χ0v) is 17.8. The number of carbonyl (C=O) groups excluding carboxylic acids is 2. The fraction of sp³-hybridized carbons (Fsp3) is 0.739. The van der Waals surface area contributed by atoms with Gasteiger partial charge in [-0.3, -0.25) is 9.59 Å². The average Bonchev–Trinajstić information content (AvgIpc) is 2.88. The molecule has 2 N–H and O–H groups in total. The van der Waals surface area contributed by atoms with E-state index in [9.17, 15) is 19.8 Å². The van der Waals surface area contributed by atoms with Gasteiger partial charge in [0.15, 0.2) is 17.2 Å². The minimum Gasteiger partial charge on any atom is -0.390 e. The molecular formula is C23H30F2O5. The second kappa shape index (κ2) is 6.53. The van der Waals surface area contributed by atoms with Crippen LogP contribution in [0.15, 0.2) is 23.8 Å². The molecule has 30 heavy (non-hydrogen) atoms. The van der Waals surface area contributed by atoms with E-state index in [2.05, 4.69) is 0 Å². The third-order valence-corrected chi connectivity index (χ3v) is 8.91. The molecule has 0 aromatic carbocycles. The summed E-state index contributed by atoms with van der Waals surface area (Å²) >= 11 is 0. The number of hydrogen-bond acceptors (Lipinski definition) is 5. The van der Waals surface area contributed by atoms with Gasteiger partial charge in [0.2, 0.25) is 0 Å². The van der Waals surface area contributed by atoms with Crippen LogP contribution >= 0.6 is 0 Å². The van der Waals surface area contributed by atoms with Gasteiger partial charge in [-0.15, -0.1) is 0 Å². The van der Waals surface area contributed by atoms with Gasteiger partial charge in [0.1, 0.15) is 18.4 Å². The van der Waals surface area contributed by atoms with Crippen molar-refractivity contribution in [2.24, 2.45) is 28.6 Å². The number of methoxy groups -OCH3 is 1. The van der Waals surface area contributed by atoms with Crippen LogP contribution in [0.2, 0.25) is 0 Å². The lowest BCUT2D eigenvalue weighted by Crippen LogP contribution is -2.70. The van der Waals surface area contributed by atoms with Crippen molar-refractivity contribution in [1.29, 1.82) is 0 Å².